The summed E-state index contributed by atoms with van der Waals surface area (Å²) in [6.07, 6.45) is 7.71. The van der Waals surface area contributed by atoms with Crippen LogP contribution in [0.5, 0.6) is 0 Å². The van der Waals surface area contributed by atoms with Crippen molar-refractivity contribution in [3.8, 4) is 0 Å². The summed E-state index contributed by atoms with van der Waals surface area (Å²) in [7, 11) is 0. The molecule has 9 atom stereocenters. The molecule has 0 bridgehead atoms. The molecular formula is C32H61NO10. The predicted molar refractivity (Wildman–Crippen MR) is 164 cm³/mol. The largest absolute Gasteiger partial charge is 0.394 e. The molecule has 43 heavy (non-hydrogen) atoms. The highest BCUT2D eigenvalue weighted by atomic mass is 16.7. The Morgan fingerprint density at radius 1 is 0.791 bits per heavy atom. The van der Waals surface area contributed by atoms with E-state index in [1.54, 1.807) is 0 Å². The average Bonchev–Trinajstić information content (AvgIpc) is 3.00. The van der Waals surface area contributed by atoms with Crippen molar-refractivity contribution in [1.29, 1.82) is 0 Å². The first-order valence-corrected chi connectivity index (χ1v) is 16.6. The van der Waals surface area contributed by atoms with Crippen LogP contribution in [0.25, 0.3) is 0 Å². The maximum absolute atomic E-state index is 12.8. The molecule has 1 amide bonds. The zero-order valence-corrected chi connectivity index (χ0v) is 26.4. The van der Waals surface area contributed by atoms with Crippen molar-refractivity contribution in [3.63, 3.8) is 0 Å². The summed E-state index contributed by atoms with van der Waals surface area (Å²) in [4.78, 5) is 12.8. The van der Waals surface area contributed by atoms with Gasteiger partial charge in [0.15, 0.2) is 6.29 Å². The zero-order valence-electron chi connectivity index (χ0n) is 26.4. The van der Waals surface area contributed by atoms with E-state index < -0.39 is 74.2 Å². The van der Waals surface area contributed by atoms with E-state index in [9.17, 15) is 40.5 Å². The van der Waals surface area contributed by atoms with Crippen molar-refractivity contribution in [2.75, 3.05) is 13.2 Å². The molecular weight excluding hydrogens is 558 g/mol. The molecule has 1 heterocycles. The van der Waals surface area contributed by atoms with Gasteiger partial charge in [0.25, 0.3) is 0 Å². The summed E-state index contributed by atoms with van der Waals surface area (Å²) in [6, 6.07) is -1.16. The third kappa shape index (κ3) is 16.1. The highest BCUT2D eigenvalue weighted by molar-refractivity contribution is 5.80. The maximum atomic E-state index is 12.8. The van der Waals surface area contributed by atoms with Crippen molar-refractivity contribution in [1.82, 2.24) is 5.32 Å². The van der Waals surface area contributed by atoms with Gasteiger partial charge in [-0.2, -0.15) is 0 Å². The molecule has 0 saturated carbocycles. The summed E-state index contributed by atoms with van der Waals surface area (Å²) in [6.45, 7) is 3.23. The Bertz CT molecular complexity index is 724. The molecule has 0 aliphatic carbocycles. The molecule has 1 saturated heterocycles. The molecule has 11 heteroatoms. The van der Waals surface area contributed by atoms with E-state index >= 15 is 0 Å². The molecule has 11 nitrogen and oxygen atoms in total. The van der Waals surface area contributed by atoms with Gasteiger partial charge in [0.2, 0.25) is 5.91 Å². The molecule has 0 aromatic carbocycles. The summed E-state index contributed by atoms with van der Waals surface area (Å²) in [5, 5.41) is 74.4. The van der Waals surface area contributed by atoms with Gasteiger partial charge in [-0.1, -0.05) is 90.2 Å². The Labute approximate surface area is 258 Å². The van der Waals surface area contributed by atoms with Crippen molar-refractivity contribution >= 4 is 5.91 Å². The summed E-state index contributed by atoms with van der Waals surface area (Å²) in [5.41, 5.74) is 0. The van der Waals surface area contributed by atoms with E-state index in [-0.39, 0.29) is 6.42 Å². The quantitative estimate of drug-likeness (QED) is 0.0556. The van der Waals surface area contributed by atoms with Crippen molar-refractivity contribution < 1.29 is 50.0 Å². The van der Waals surface area contributed by atoms with Gasteiger partial charge in [-0.3, -0.25) is 4.79 Å². The molecule has 254 valence electrons. The molecule has 9 unspecified atom stereocenters. The lowest BCUT2D eigenvalue weighted by Gasteiger charge is -2.40. The number of rotatable bonds is 25. The molecule has 0 radical (unpaired) electrons. The van der Waals surface area contributed by atoms with Crippen molar-refractivity contribution in [2.45, 2.75) is 172 Å². The van der Waals surface area contributed by atoms with Crippen LogP contribution < -0.4 is 5.32 Å². The number of carbonyl (C=O) groups is 1. The molecule has 8 N–H and O–H groups in total. The van der Waals surface area contributed by atoms with Crippen molar-refractivity contribution in [2.24, 2.45) is 0 Å². The van der Waals surface area contributed by atoms with Crippen LogP contribution in [0.3, 0.4) is 0 Å². The summed E-state index contributed by atoms with van der Waals surface area (Å²) in [5.74, 6) is -0.716. The fraction of sp³-hybridized carbons (Fsp3) is 0.906. The average molecular weight is 620 g/mol. The normalized spacial score (nSPS) is 25.5. The molecule has 0 aromatic rings. The number of aliphatic hydroxyl groups excluding tert-OH is 7. The number of hydrogen-bond acceptors (Lipinski definition) is 10. The standard InChI is InChI=1S/C32H61NO10/c1-3-5-7-9-10-11-12-13-14-16-18-20-25(36)31(41)33-23(27(37)24(35)19-17-15-8-6-4-2)22-42-32-30(40)29(39)28(38)26(21-34)43-32/h10-11,23-30,32,34-40H,3-9,12-22H2,1-2H3,(H,33,41)/b11-10-. The van der Waals surface area contributed by atoms with Crippen LogP contribution in [0.1, 0.15) is 117 Å². The SMILES string of the molecule is CCCCC/C=C\CCCCCCC(O)C(=O)NC(COC1OC(CO)C(O)C(O)C1O)C(O)C(O)CCCCCCC. The lowest BCUT2D eigenvalue weighted by molar-refractivity contribution is -0.303. The van der Waals surface area contributed by atoms with Crippen LogP contribution in [-0.4, -0.2) is 110 Å². The van der Waals surface area contributed by atoms with E-state index in [4.69, 9.17) is 9.47 Å². The third-order valence-corrected chi connectivity index (χ3v) is 8.07. The first kappa shape index (κ1) is 39.9. The van der Waals surface area contributed by atoms with Crippen LogP contribution in [0, 0.1) is 0 Å². The van der Waals surface area contributed by atoms with Crippen LogP contribution in [0.2, 0.25) is 0 Å². The highest BCUT2D eigenvalue weighted by Gasteiger charge is 2.44. The highest BCUT2D eigenvalue weighted by Crippen LogP contribution is 2.23. The lowest BCUT2D eigenvalue weighted by atomic mass is 9.98. The van der Waals surface area contributed by atoms with Gasteiger partial charge in [0.1, 0.15) is 36.6 Å². The molecule has 1 fully saturated rings. The van der Waals surface area contributed by atoms with Gasteiger partial charge in [-0.15, -0.1) is 0 Å². The Balaban J connectivity index is 2.63. The van der Waals surface area contributed by atoms with E-state index in [1.165, 1.54) is 19.3 Å². The van der Waals surface area contributed by atoms with Gasteiger partial charge < -0.3 is 50.5 Å². The second kappa shape index (κ2) is 24.1. The second-order valence-corrected chi connectivity index (χ2v) is 11.9. The third-order valence-electron chi connectivity index (χ3n) is 8.07. The minimum atomic E-state index is -1.66. The number of unbranched alkanes of at least 4 members (excludes halogenated alkanes) is 11. The van der Waals surface area contributed by atoms with E-state index in [0.29, 0.717) is 19.3 Å². The Morgan fingerprint density at radius 3 is 1.98 bits per heavy atom. The van der Waals surface area contributed by atoms with Gasteiger partial charge >= 0.3 is 0 Å². The first-order chi connectivity index (χ1) is 20.7. The smallest absolute Gasteiger partial charge is 0.249 e. The number of allylic oxidation sites excluding steroid dienone is 2. The Kier molecular flexibility index (Phi) is 22.4. The van der Waals surface area contributed by atoms with Crippen LogP contribution in [0.4, 0.5) is 0 Å². The topological polar surface area (TPSA) is 189 Å². The molecule has 0 aromatic heterocycles. The van der Waals surface area contributed by atoms with E-state index in [2.05, 4.69) is 31.3 Å². The number of amides is 1. The van der Waals surface area contributed by atoms with Crippen LogP contribution >= 0.6 is 0 Å². The van der Waals surface area contributed by atoms with Crippen molar-refractivity contribution in [3.05, 3.63) is 12.2 Å². The fourth-order valence-electron chi connectivity index (χ4n) is 5.14. The zero-order chi connectivity index (χ0) is 32.0. The fourth-order valence-corrected chi connectivity index (χ4v) is 5.14. The van der Waals surface area contributed by atoms with Gasteiger partial charge in [0.05, 0.1) is 25.4 Å². The first-order valence-electron chi connectivity index (χ1n) is 16.6. The number of aliphatic hydroxyl groups is 7. The Morgan fingerprint density at radius 2 is 1.35 bits per heavy atom. The van der Waals surface area contributed by atoms with Crippen LogP contribution in [0.15, 0.2) is 12.2 Å². The van der Waals surface area contributed by atoms with E-state index in [1.807, 2.05) is 0 Å². The summed E-state index contributed by atoms with van der Waals surface area (Å²) < 4.78 is 10.9. The number of ether oxygens (including phenoxy) is 2. The number of nitrogens with one attached hydrogen (secondary N) is 1. The predicted octanol–water partition coefficient (Wildman–Crippen LogP) is 2.21. The number of carbonyl (C=O) groups excluding carboxylic acids is 1. The second-order valence-electron chi connectivity index (χ2n) is 11.9. The minimum Gasteiger partial charge on any atom is -0.394 e. The minimum absolute atomic E-state index is 0.245. The van der Waals surface area contributed by atoms with Gasteiger partial charge in [-0.05, 0) is 38.5 Å². The molecule has 1 aliphatic rings. The summed E-state index contributed by atoms with van der Waals surface area (Å²) >= 11 is 0. The van der Waals surface area contributed by atoms with Crippen LogP contribution in [-0.2, 0) is 14.3 Å². The molecule has 1 rings (SSSR count). The number of hydrogen-bond donors (Lipinski definition) is 8. The van der Waals surface area contributed by atoms with Gasteiger partial charge in [-0.25, -0.2) is 0 Å². The van der Waals surface area contributed by atoms with Gasteiger partial charge in [0, 0.05) is 0 Å². The Hall–Kier alpha value is -1.15. The monoisotopic (exact) mass is 619 g/mol. The van der Waals surface area contributed by atoms with E-state index in [0.717, 1.165) is 57.8 Å². The lowest BCUT2D eigenvalue weighted by Crippen LogP contribution is -2.60. The molecule has 1 aliphatic heterocycles. The maximum Gasteiger partial charge on any atom is 0.249 e. The molecule has 0 spiro atoms.